The van der Waals surface area contributed by atoms with Crippen LogP contribution in [0.3, 0.4) is 0 Å². The van der Waals surface area contributed by atoms with Crippen molar-refractivity contribution in [3.63, 3.8) is 0 Å². The number of imidazole rings is 1. The molecule has 0 bridgehead atoms. The number of unbranched alkanes of at least 4 members (excludes halogenated alkanes) is 1. The summed E-state index contributed by atoms with van der Waals surface area (Å²) in [7, 11) is 0. The molecule has 4 heterocycles. The Morgan fingerprint density at radius 1 is 0.918 bits per heavy atom. The Kier molecular flexibility index (Phi) is 11.7. The van der Waals surface area contributed by atoms with Gasteiger partial charge < -0.3 is 15.0 Å². The second kappa shape index (κ2) is 17.0. The average molecular weight is 838 g/mol. The molecule has 3 aliphatic heterocycles. The number of carbonyl (C=O) groups excluding carboxylic acids is 3. The smallest absolute Gasteiger partial charge is 0.417 e. The molecule has 4 aromatic rings. The summed E-state index contributed by atoms with van der Waals surface area (Å²) >= 11 is 0. The number of rotatable bonds is 13. The lowest BCUT2D eigenvalue weighted by molar-refractivity contribution is -0.137. The van der Waals surface area contributed by atoms with Gasteiger partial charge in [-0.15, -0.1) is 0 Å². The van der Waals surface area contributed by atoms with Crippen LogP contribution in [0.1, 0.15) is 97.1 Å². The third kappa shape index (κ3) is 8.35. The van der Waals surface area contributed by atoms with Crippen LogP contribution >= 0.6 is 0 Å². The van der Waals surface area contributed by atoms with Crippen molar-refractivity contribution in [1.29, 1.82) is 5.26 Å². The number of amides is 3. The first-order valence-electron chi connectivity index (χ1n) is 21.2. The molecule has 3 amide bonds. The number of hydrogen-bond acceptors (Lipinski definition) is 8. The van der Waals surface area contributed by atoms with Gasteiger partial charge in [-0.25, -0.2) is 4.79 Å². The molecule has 0 spiro atoms. The van der Waals surface area contributed by atoms with Gasteiger partial charge in [0.25, 0.3) is 11.8 Å². The summed E-state index contributed by atoms with van der Waals surface area (Å²) in [4.78, 5) is 58.9. The molecule has 1 aromatic heterocycles. The molecule has 3 fully saturated rings. The number of aryl methyl sites for hydroxylation is 1. The van der Waals surface area contributed by atoms with E-state index < -0.39 is 46.8 Å². The number of aromatic nitrogens is 2. The van der Waals surface area contributed by atoms with Crippen LogP contribution in [0, 0.1) is 17.2 Å². The van der Waals surface area contributed by atoms with Crippen LogP contribution in [0.4, 0.5) is 13.2 Å². The highest BCUT2D eigenvalue weighted by Crippen LogP contribution is 2.37. The molecule has 1 unspecified atom stereocenters. The largest absolute Gasteiger partial charge is 0.490 e. The zero-order valence-corrected chi connectivity index (χ0v) is 34.4. The molecule has 320 valence electrons. The van der Waals surface area contributed by atoms with Gasteiger partial charge in [0.2, 0.25) is 5.91 Å². The van der Waals surface area contributed by atoms with E-state index in [9.17, 15) is 37.6 Å². The Morgan fingerprint density at radius 3 is 2.31 bits per heavy atom. The lowest BCUT2D eigenvalue weighted by Gasteiger charge is -2.46. The maximum absolute atomic E-state index is 13.8. The normalized spacial score (nSPS) is 21.3. The third-order valence-electron chi connectivity index (χ3n) is 12.8. The van der Waals surface area contributed by atoms with E-state index >= 15 is 0 Å². The molecule has 4 aliphatic rings. The fourth-order valence-corrected chi connectivity index (χ4v) is 9.46. The van der Waals surface area contributed by atoms with Crippen molar-refractivity contribution in [3.8, 4) is 17.5 Å². The van der Waals surface area contributed by atoms with Crippen LogP contribution in [0.15, 0.2) is 77.7 Å². The molecular weight excluding hydrogens is 788 g/mol. The predicted octanol–water partition coefficient (Wildman–Crippen LogP) is 6.88. The molecule has 1 saturated carbocycles. The fraction of sp³-hybridized carbons (Fsp3) is 0.457. The summed E-state index contributed by atoms with van der Waals surface area (Å²) < 4.78 is 50.5. The van der Waals surface area contributed by atoms with Gasteiger partial charge in [0, 0.05) is 43.7 Å². The number of nitrogens with one attached hydrogen (secondary N) is 1. The van der Waals surface area contributed by atoms with Gasteiger partial charge >= 0.3 is 11.9 Å². The highest BCUT2D eigenvalue weighted by molar-refractivity contribution is 6.23. The van der Waals surface area contributed by atoms with Gasteiger partial charge in [0.05, 0.1) is 45.0 Å². The first-order valence-corrected chi connectivity index (χ1v) is 21.2. The maximum atomic E-state index is 13.8. The number of benzene rings is 3. The zero-order chi connectivity index (χ0) is 43.2. The molecule has 3 aromatic carbocycles. The fourth-order valence-electron chi connectivity index (χ4n) is 9.46. The Bertz CT molecular complexity index is 2470. The van der Waals surface area contributed by atoms with Crippen LogP contribution in [0.25, 0.3) is 16.7 Å². The molecule has 15 heteroatoms. The number of carbonyl (C=O) groups is 3. The first kappa shape index (κ1) is 42.0. The van der Waals surface area contributed by atoms with Crippen molar-refractivity contribution in [2.24, 2.45) is 5.92 Å². The van der Waals surface area contributed by atoms with Gasteiger partial charge in [-0.05, 0) is 126 Å². The minimum atomic E-state index is -4.73. The summed E-state index contributed by atoms with van der Waals surface area (Å²) in [5.74, 6) is -0.225. The highest BCUT2D eigenvalue weighted by Gasteiger charge is 2.45. The zero-order valence-electron chi connectivity index (χ0n) is 34.4. The van der Waals surface area contributed by atoms with E-state index in [1.165, 1.54) is 10.6 Å². The second-order valence-electron chi connectivity index (χ2n) is 17.1. The van der Waals surface area contributed by atoms with Crippen molar-refractivity contribution in [1.82, 2.24) is 29.2 Å². The summed E-state index contributed by atoms with van der Waals surface area (Å²) in [6.45, 7) is 12.6. The number of hydrogen-bond donors (Lipinski definition) is 1. The Morgan fingerprint density at radius 2 is 1.62 bits per heavy atom. The topological polar surface area (TPSA) is 133 Å². The van der Waals surface area contributed by atoms with Crippen LogP contribution in [0.5, 0.6) is 5.75 Å². The number of ether oxygens (including phenoxy) is 1. The third-order valence-corrected chi connectivity index (χ3v) is 12.8. The van der Waals surface area contributed by atoms with E-state index in [0.717, 1.165) is 81.7 Å². The van der Waals surface area contributed by atoms with Crippen molar-refractivity contribution < 1.29 is 32.3 Å². The average Bonchev–Trinajstić information content (AvgIpc) is 3.64. The van der Waals surface area contributed by atoms with E-state index in [4.69, 9.17) is 4.74 Å². The highest BCUT2D eigenvalue weighted by atomic mass is 19.4. The molecule has 12 nitrogen and oxygen atoms in total. The summed E-state index contributed by atoms with van der Waals surface area (Å²) in [6, 6.07) is 16.9. The number of piperidine rings is 2. The van der Waals surface area contributed by atoms with Gasteiger partial charge in [-0.2, -0.15) is 18.4 Å². The maximum Gasteiger partial charge on any atom is 0.417 e. The monoisotopic (exact) mass is 837 g/mol. The standard InChI is InChI=1S/C46H50F3N7O5/c1-28(2)54(33-22-35(23-33)61-34-13-14-36-37(25-34)44(59)56(43(36)58)41-15-10-29(3)51-42(41)57)27-30-16-20-52(21-17-30)18-6-7-19-53-39-8-4-5-9-40(39)55(45(53)60)32-12-11-31(26-50)38(24-32)46(47,48)49/h4-5,8-9,11-14,24-25,28,30,33,35,41H,3,6-7,10,15-23,27H2,1-2H3,(H,51,57). The molecule has 1 N–H and O–H groups in total. The lowest BCUT2D eigenvalue weighted by atomic mass is 9.85. The Hall–Kier alpha value is -5.72. The minimum absolute atomic E-state index is 0.00444. The quantitative estimate of drug-likeness (QED) is 0.114. The number of halogens is 3. The first-order chi connectivity index (χ1) is 29.2. The van der Waals surface area contributed by atoms with E-state index in [1.54, 1.807) is 47.0 Å². The van der Waals surface area contributed by atoms with E-state index in [2.05, 4.69) is 35.5 Å². The van der Waals surface area contributed by atoms with E-state index in [-0.39, 0.29) is 22.9 Å². The molecular formula is C46H50F3N7O5. The number of fused-ring (bicyclic) bond motifs is 2. The van der Waals surface area contributed by atoms with Gasteiger partial charge in [0.15, 0.2) is 0 Å². The summed E-state index contributed by atoms with van der Waals surface area (Å²) in [5, 5.41) is 11.9. The van der Waals surface area contributed by atoms with Gasteiger partial charge in [-0.1, -0.05) is 18.7 Å². The number of likely N-dealkylation sites (tertiary alicyclic amines) is 1. The number of para-hydroxylation sites is 2. The summed E-state index contributed by atoms with van der Waals surface area (Å²) in [5.41, 5.74) is 0.381. The Labute approximate surface area is 352 Å². The molecule has 1 aliphatic carbocycles. The van der Waals surface area contributed by atoms with Crippen LogP contribution in [-0.2, 0) is 17.5 Å². The number of nitriles is 1. The Balaban J connectivity index is 0.801. The number of allylic oxidation sites excluding steroid dienone is 1. The summed E-state index contributed by atoms with van der Waals surface area (Å²) in [6.07, 6.45) is 1.62. The SMILES string of the molecule is C=C1CCC(N2C(=O)c3ccc(OC4CC(N(CC5CCN(CCCCn6c(=O)n(-c7ccc(C#N)c(C(F)(F)F)c7)c7ccccc76)CC5)C(C)C)C4)cc3C2=O)C(=O)N1. The second-order valence-corrected chi connectivity index (χ2v) is 17.1. The van der Waals surface area contributed by atoms with Crippen LogP contribution in [0.2, 0.25) is 0 Å². The van der Waals surface area contributed by atoms with Crippen molar-refractivity contribution in [2.45, 2.75) is 102 Å². The number of imide groups is 1. The van der Waals surface area contributed by atoms with Gasteiger partial charge in [0.1, 0.15) is 17.9 Å². The van der Waals surface area contributed by atoms with Crippen LogP contribution in [-0.4, -0.2) is 92.0 Å². The molecule has 0 radical (unpaired) electrons. The predicted molar refractivity (Wildman–Crippen MR) is 222 cm³/mol. The minimum Gasteiger partial charge on any atom is -0.490 e. The van der Waals surface area contributed by atoms with Gasteiger partial charge in [-0.3, -0.25) is 33.3 Å². The molecule has 2 saturated heterocycles. The van der Waals surface area contributed by atoms with E-state index in [1.807, 2.05) is 6.07 Å². The lowest BCUT2D eigenvalue weighted by Crippen LogP contribution is -2.53. The van der Waals surface area contributed by atoms with Crippen molar-refractivity contribution in [2.75, 3.05) is 26.2 Å². The van der Waals surface area contributed by atoms with Crippen molar-refractivity contribution in [3.05, 3.63) is 106 Å². The van der Waals surface area contributed by atoms with Crippen molar-refractivity contribution >= 4 is 28.8 Å². The number of alkyl halides is 3. The molecule has 61 heavy (non-hydrogen) atoms. The van der Waals surface area contributed by atoms with Crippen LogP contribution < -0.4 is 15.7 Å². The molecule has 8 rings (SSSR count). The molecule has 1 atom stereocenters. The number of nitrogens with zero attached hydrogens (tertiary/aromatic N) is 6. The van der Waals surface area contributed by atoms with E-state index in [0.29, 0.717) is 59.9 Å².